The SMILES string of the molecule is CCC/C=C/C(CC)OC(=O)OC(C)(C)CC. The average molecular weight is 242 g/mol. The summed E-state index contributed by atoms with van der Waals surface area (Å²) in [5.74, 6) is 0. The van der Waals surface area contributed by atoms with Gasteiger partial charge in [0.05, 0.1) is 0 Å². The summed E-state index contributed by atoms with van der Waals surface area (Å²) in [5, 5.41) is 0. The number of rotatable bonds is 7. The zero-order valence-electron chi connectivity index (χ0n) is 11.8. The van der Waals surface area contributed by atoms with Crippen molar-refractivity contribution in [1.29, 1.82) is 0 Å². The summed E-state index contributed by atoms with van der Waals surface area (Å²) in [5.41, 5.74) is -0.456. The first-order chi connectivity index (χ1) is 7.95. The van der Waals surface area contributed by atoms with Crippen molar-refractivity contribution in [3.63, 3.8) is 0 Å². The molecule has 0 amide bonds. The summed E-state index contributed by atoms with van der Waals surface area (Å²) >= 11 is 0. The molecule has 0 saturated heterocycles. The van der Waals surface area contributed by atoms with E-state index in [9.17, 15) is 4.79 Å². The molecule has 0 aromatic carbocycles. The molecule has 0 rings (SSSR count). The maximum absolute atomic E-state index is 11.5. The molecule has 0 bridgehead atoms. The van der Waals surface area contributed by atoms with Crippen LogP contribution >= 0.6 is 0 Å². The Labute approximate surface area is 105 Å². The number of ether oxygens (including phenoxy) is 2. The summed E-state index contributed by atoms with van der Waals surface area (Å²) in [6.07, 6.45) is 6.87. The fourth-order valence-corrected chi connectivity index (χ4v) is 1.12. The predicted molar refractivity (Wildman–Crippen MR) is 70.1 cm³/mol. The number of allylic oxidation sites excluding steroid dienone is 1. The lowest BCUT2D eigenvalue weighted by Gasteiger charge is -2.23. The van der Waals surface area contributed by atoms with Crippen LogP contribution in [0.1, 0.15) is 60.3 Å². The van der Waals surface area contributed by atoms with E-state index in [0.717, 1.165) is 25.7 Å². The van der Waals surface area contributed by atoms with Crippen molar-refractivity contribution in [3.8, 4) is 0 Å². The maximum atomic E-state index is 11.5. The first-order valence-corrected chi connectivity index (χ1v) is 6.51. The summed E-state index contributed by atoms with van der Waals surface area (Å²) in [6.45, 7) is 9.83. The topological polar surface area (TPSA) is 35.5 Å². The molecule has 0 fully saturated rings. The van der Waals surface area contributed by atoms with E-state index in [1.54, 1.807) is 0 Å². The van der Waals surface area contributed by atoms with Crippen LogP contribution in [-0.2, 0) is 9.47 Å². The predicted octanol–water partition coefficient (Wildman–Crippen LogP) is 4.46. The van der Waals surface area contributed by atoms with Crippen molar-refractivity contribution >= 4 is 6.16 Å². The number of carbonyl (C=O) groups is 1. The standard InChI is InChI=1S/C14H26O3/c1-6-9-10-11-12(7-2)16-13(15)17-14(4,5)8-3/h10-12H,6-9H2,1-5H3/b11-10+. The molecule has 3 heteroatoms. The molecule has 0 aliphatic carbocycles. The van der Waals surface area contributed by atoms with Gasteiger partial charge in [0.2, 0.25) is 0 Å². The Morgan fingerprint density at radius 2 is 1.94 bits per heavy atom. The first-order valence-electron chi connectivity index (χ1n) is 6.51. The second-order valence-electron chi connectivity index (χ2n) is 4.75. The van der Waals surface area contributed by atoms with Crippen molar-refractivity contribution < 1.29 is 14.3 Å². The third kappa shape index (κ3) is 7.83. The molecule has 0 heterocycles. The van der Waals surface area contributed by atoms with Gasteiger partial charge in [0.25, 0.3) is 0 Å². The van der Waals surface area contributed by atoms with Crippen LogP contribution in [0, 0.1) is 0 Å². The van der Waals surface area contributed by atoms with Crippen LogP contribution in [0.15, 0.2) is 12.2 Å². The van der Waals surface area contributed by atoms with Gasteiger partial charge in [-0.25, -0.2) is 4.79 Å². The van der Waals surface area contributed by atoms with Crippen LogP contribution < -0.4 is 0 Å². The van der Waals surface area contributed by atoms with Gasteiger partial charge in [-0.15, -0.1) is 0 Å². The summed E-state index contributed by atoms with van der Waals surface area (Å²) in [6, 6.07) is 0. The highest BCUT2D eigenvalue weighted by Crippen LogP contribution is 2.15. The van der Waals surface area contributed by atoms with Gasteiger partial charge < -0.3 is 9.47 Å². The Hall–Kier alpha value is -0.990. The van der Waals surface area contributed by atoms with Crippen LogP contribution in [0.3, 0.4) is 0 Å². The Morgan fingerprint density at radius 1 is 1.29 bits per heavy atom. The van der Waals surface area contributed by atoms with Gasteiger partial charge in [-0.1, -0.05) is 33.3 Å². The minimum Gasteiger partial charge on any atom is -0.428 e. The molecule has 17 heavy (non-hydrogen) atoms. The van der Waals surface area contributed by atoms with E-state index in [1.165, 1.54) is 0 Å². The number of hydrogen-bond acceptors (Lipinski definition) is 3. The summed E-state index contributed by atoms with van der Waals surface area (Å²) in [4.78, 5) is 11.5. The molecule has 0 saturated carbocycles. The van der Waals surface area contributed by atoms with Gasteiger partial charge in [-0.05, 0) is 39.2 Å². The number of hydrogen-bond donors (Lipinski definition) is 0. The molecule has 0 aromatic rings. The number of carbonyl (C=O) groups excluding carboxylic acids is 1. The van der Waals surface area contributed by atoms with E-state index in [4.69, 9.17) is 9.47 Å². The lowest BCUT2D eigenvalue weighted by Crippen LogP contribution is -2.29. The lowest BCUT2D eigenvalue weighted by atomic mass is 10.1. The highest BCUT2D eigenvalue weighted by Gasteiger charge is 2.22. The molecule has 0 radical (unpaired) electrons. The Bertz CT molecular complexity index is 244. The minimum atomic E-state index is -0.579. The molecule has 1 atom stereocenters. The Kier molecular flexibility index (Phi) is 7.68. The second kappa shape index (κ2) is 8.15. The third-order valence-electron chi connectivity index (χ3n) is 2.67. The van der Waals surface area contributed by atoms with Crippen molar-refractivity contribution in [2.45, 2.75) is 72.0 Å². The smallest absolute Gasteiger partial charge is 0.428 e. The van der Waals surface area contributed by atoms with E-state index < -0.39 is 11.8 Å². The molecule has 100 valence electrons. The second-order valence-corrected chi connectivity index (χ2v) is 4.75. The molecule has 0 spiro atoms. The van der Waals surface area contributed by atoms with Crippen LogP contribution in [0.4, 0.5) is 4.79 Å². The normalized spacial score (nSPS) is 13.7. The third-order valence-corrected chi connectivity index (χ3v) is 2.67. The lowest BCUT2D eigenvalue weighted by molar-refractivity contribution is -0.0285. The molecule has 1 unspecified atom stereocenters. The van der Waals surface area contributed by atoms with Crippen molar-refractivity contribution in [2.75, 3.05) is 0 Å². The largest absolute Gasteiger partial charge is 0.509 e. The monoisotopic (exact) mass is 242 g/mol. The van der Waals surface area contributed by atoms with E-state index in [2.05, 4.69) is 6.92 Å². The Balaban J connectivity index is 4.15. The molecule has 0 aromatic heterocycles. The van der Waals surface area contributed by atoms with Gasteiger partial charge in [0.1, 0.15) is 11.7 Å². The van der Waals surface area contributed by atoms with Gasteiger partial charge >= 0.3 is 6.16 Å². The quantitative estimate of drug-likeness (QED) is 0.488. The zero-order chi connectivity index (χ0) is 13.3. The first kappa shape index (κ1) is 16.0. The maximum Gasteiger partial charge on any atom is 0.509 e. The van der Waals surface area contributed by atoms with E-state index in [0.29, 0.717) is 0 Å². The molecule has 3 nitrogen and oxygen atoms in total. The van der Waals surface area contributed by atoms with Crippen molar-refractivity contribution in [3.05, 3.63) is 12.2 Å². The molecule has 0 aliphatic heterocycles. The zero-order valence-corrected chi connectivity index (χ0v) is 11.8. The summed E-state index contributed by atoms with van der Waals surface area (Å²) < 4.78 is 10.5. The molecular weight excluding hydrogens is 216 g/mol. The van der Waals surface area contributed by atoms with Crippen LogP contribution in [0.25, 0.3) is 0 Å². The highest BCUT2D eigenvalue weighted by molar-refractivity contribution is 5.61. The molecular formula is C14H26O3. The average Bonchev–Trinajstić information content (AvgIpc) is 2.27. The van der Waals surface area contributed by atoms with Gasteiger partial charge in [0.15, 0.2) is 0 Å². The molecule has 0 aliphatic rings. The van der Waals surface area contributed by atoms with Crippen LogP contribution in [-0.4, -0.2) is 17.9 Å². The van der Waals surface area contributed by atoms with Crippen molar-refractivity contribution in [1.82, 2.24) is 0 Å². The fraction of sp³-hybridized carbons (Fsp3) is 0.786. The Morgan fingerprint density at radius 3 is 2.41 bits per heavy atom. The fourth-order valence-electron chi connectivity index (χ4n) is 1.12. The minimum absolute atomic E-state index is 0.179. The van der Waals surface area contributed by atoms with Crippen LogP contribution in [0.2, 0.25) is 0 Å². The highest BCUT2D eigenvalue weighted by atomic mass is 16.7. The summed E-state index contributed by atoms with van der Waals surface area (Å²) in [7, 11) is 0. The van der Waals surface area contributed by atoms with E-state index in [-0.39, 0.29) is 6.10 Å². The van der Waals surface area contributed by atoms with Gasteiger partial charge in [0, 0.05) is 0 Å². The van der Waals surface area contributed by atoms with Gasteiger partial charge in [-0.2, -0.15) is 0 Å². The van der Waals surface area contributed by atoms with Gasteiger partial charge in [-0.3, -0.25) is 0 Å². The molecule has 0 N–H and O–H groups in total. The van der Waals surface area contributed by atoms with Crippen molar-refractivity contribution in [2.24, 2.45) is 0 Å². The number of unbranched alkanes of at least 4 members (excludes halogenated alkanes) is 1. The van der Waals surface area contributed by atoms with E-state index >= 15 is 0 Å². The van der Waals surface area contributed by atoms with Crippen LogP contribution in [0.5, 0.6) is 0 Å². The van der Waals surface area contributed by atoms with E-state index in [1.807, 2.05) is 39.8 Å².